The summed E-state index contributed by atoms with van der Waals surface area (Å²) in [5.74, 6) is -1.27. The van der Waals surface area contributed by atoms with Crippen molar-refractivity contribution in [2.24, 2.45) is 0 Å². The number of nitrogens with zero attached hydrogens (tertiary/aromatic N) is 1. The molecule has 2 N–H and O–H groups in total. The summed E-state index contributed by atoms with van der Waals surface area (Å²) in [5, 5.41) is 9.87. The summed E-state index contributed by atoms with van der Waals surface area (Å²) in [6.07, 6.45) is 0. The minimum atomic E-state index is -1.01. The summed E-state index contributed by atoms with van der Waals surface area (Å²) in [4.78, 5) is 27.8. The number of benzene rings is 1. The fourth-order valence-electron chi connectivity index (χ4n) is 2.32. The average Bonchev–Trinajstić information content (AvgIpc) is 2.71. The number of carboxylic acid groups (broad SMARTS) is 1. The Morgan fingerprint density at radius 2 is 2.00 bits per heavy atom. The largest absolute Gasteiger partial charge is 0.480 e. The van der Waals surface area contributed by atoms with Gasteiger partial charge in [-0.2, -0.15) is 0 Å². The number of aromatic nitrogens is 1. The highest BCUT2D eigenvalue weighted by Gasteiger charge is 2.20. The number of fused-ring (bicyclic) bond motifs is 1. The van der Waals surface area contributed by atoms with Gasteiger partial charge in [-0.1, -0.05) is 12.1 Å². The smallest absolute Gasteiger partial charge is 0.323 e. The van der Waals surface area contributed by atoms with Crippen LogP contribution in [0.2, 0.25) is 0 Å². The van der Waals surface area contributed by atoms with Crippen LogP contribution in [0.3, 0.4) is 0 Å². The van der Waals surface area contributed by atoms with Gasteiger partial charge in [-0.05, 0) is 32.4 Å². The number of aromatic amines is 1. The third kappa shape index (κ3) is 2.39. The third-order valence-electron chi connectivity index (χ3n) is 3.57. The highest BCUT2D eigenvalue weighted by molar-refractivity contribution is 6.07. The summed E-state index contributed by atoms with van der Waals surface area (Å²) in [6.45, 7) is 5.80. The predicted octanol–water partition coefficient (Wildman–Crippen LogP) is 2.33. The second kappa shape index (κ2) is 5.36. The van der Waals surface area contributed by atoms with Crippen LogP contribution in [0.1, 0.15) is 28.5 Å². The van der Waals surface area contributed by atoms with E-state index in [2.05, 4.69) is 4.98 Å². The second-order valence-corrected chi connectivity index (χ2v) is 4.82. The van der Waals surface area contributed by atoms with Crippen LogP contribution in [0.4, 0.5) is 0 Å². The number of nitrogens with one attached hydrogen (secondary N) is 1. The van der Waals surface area contributed by atoms with E-state index in [1.165, 1.54) is 4.90 Å². The number of rotatable bonds is 4. The zero-order valence-corrected chi connectivity index (χ0v) is 11.9. The Bertz CT molecular complexity index is 673. The van der Waals surface area contributed by atoms with E-state index < -0.39 is 5.97 Å². The topological polar surface area (TPSA) is 73.4 Å². The number of aliphatic carboxylic acids is 1. The molecule has 2 rings (SSSR count). The van der Waals surface area contributed by atoms with Crippen LogP contribution in [0.5, 0.6) is 0 Å². The van der Waals surface area contributed by atoms with Crippen molar-refractivity contribution in [1.82, 2.24) is 9.88 Å². The maximum atomic E-state index is 12.5. The number of aryl methyl sites for hydroxylation is 2. The van der Waals surface area contributed by atoms with Gasteiger partial charge in [0.25, 0.3) is 5.91 Å². The molecular weight excluding hydrogens is 256 g/mol. The number of para-hydroxylation sites is 1. The molecule has 0 aliphatic heterocycles. The van der Waals surface area contributed by atoms with E-state index in [1.54, 1.807) is 13.0 Å². The van der Waals surface area contributed by atoms with Crippen LogP contribution in [0.15, 0.2) is 18.2 Å². The quantitative estimate of drug-likeness (QED) is 0.898. The first-order chi connectivity index (χ1) is 9.45. The van der Waals surface area contributed by atoms with Crippen molar-refractivity contribution < 1.29 is 14.7 Å². The monoisotopic (exact) mass is 274 g/mol. The van der Waals surface area contributed by atoms with Gasteiger partial charge in [-0.15, -0.1) is 0 Å². The maximum absolute atomic E-state index is 12.5. The number of hydrogen-bond donors (Lipinski definition) is 2. The van der Waals surface area contributed by atoms with E-state index in [0.29, 0.717) is 12.1 Å². The summed E-state index contributed by atoms with van der Waals surface area (Å²) >= 11 is 0. The van der Waals surface area contributed by atoms with Crippen LogP contribution < -0.4 is 0 Å². The minimum Gasteiger partial charge on any atom is -0.480 e. The molecule has 0 radical (unpaired) electrons. The van der Waals surface area contributed by atoms with Crippen LogP contribution >= 0.6 is 0 Å². The molecular formula is C15H18N2O3. The van der Waals surface area contributed by atoms with Crippen molar-refractivity contribution in [3.63, 3.8) is 0 Å². The number of H-pyrrole nitrogens is 1. The standard InChI is InChI=1S/C15H18N2O3/c1-4-17(8-13(18)19)15(20)12-7-5-6-11-9(2)10(3)16-14(11)12/h5-7,16H,4,8H2,1-3H3,(H,18,19). The van der Waals surface area contributed by atoms with Crippen LogP contribution in [-0.4, -0.2) is 40.0 Å². The van der Waals surface area contributed by atoms with Crippen LogP contribution in [-0.2, 0) is 4.79 Å². The fourth-order valence-corrected chi connectivity index (χ4v) is 2.32. The van der Waals surface area contributed by atoms with E-state index in [-0.39, 0.29) is 12.5 Å². The van der Waals surface area contributed by atoms with E-state index in [9.17, 15) is 9.59 Å². The van der Waals surface area contributed by atoms with E-state index in [4.69, 9.17) is 5.11 Å². The normalized spacial score (nSPS) is 10.8. The molecule has 0 bridgehead atoms. The summed E-state index contributed by atoms with van der Waals surface area (Å²) in [5.41, 5.74) is 3.41. The van der Waals surface area contributed by atoms with Crippen LogP contribution in [0, 0.1) is 13.8 Å². The molecule has 1 aromatic heterocycles. The Balaban J connectivity index is 2.49. The molecule has 106 valence electrons. The van der Waals surface area contributed by atoms with Crippen molar-refractivity contribution in [1.29, 1.82) is 0 Å². The molecule has 0 saturated carbocycles. The lowest BCUT2D eigenvalue weighted by Crippen LogP contribution is -2.35. The number of carbonyl (C=O) groups is 2. The van der Waals surface area contributed by atoms with Crippen molar-refractivity contribution in [2.45, 2.75) is 20.8 Å². The lowest BCUT2D eigenvalue weighted by atomic mass is 10.1. The Morgan fingerprint density at radius 1 is 1.30 bits per heavy atom. The molecule has 0 atom stereocenters. The molecule has 1 amide bonds. The zero-order valence-electron chi connectivity index (χ0n) is 11.9. The van der Waals surface area contributed by atoms with Crippen LogP contribution in [0.25, 0.3) is 10.9 Å². The van der Waals surface area contributed by atoms with Crippen molar-refractivity contribution >= 4 is 22.8 Å². The average molecular weight is 274 g/mol. The van der Waals surface area contributed by atoms with E-state index >= 15 is 0 Å². The molecule has 0 saturated heterocycles. The number of likely N-dealkylation sites (N-methyl/N-ethyl adjacent to an activating group) is 1. The molecule has 1 aromatic carbocycles. The predicted molar refractivity (Wildman–Crippen MR) is 77.0 cm³/mol. The zero-order chi connectivity index (χ0) is 14.9. The van der Waals surface area contributed by atoms with Crippen molar-refractivity contribution in [3.8, 4) is 0 Å². The maximum Gasteiger partial charge on any atom is 0.323 e. The summed E-state index contributed by atoms with van der Waals surface area (Å²) in [7, 11) is 0. The van der Waals surface area contributed by atoms with Gasteiger partial charge in [-0.25, -0.2) is 0 Å². The summed E-state index contributed by atoms with van der Waals surface area (Å²) < 4.78 is 0. The first kappa shape index (κ1) is 14.1. The first-order valence-electron chi connectivity index (χ1n) is 6.54. The van der Waals surface area contributed by atoms with Gasteiger partial charge in [0.05, 0.1) is 11.1 Å². The SMILES string of the molecule is CCN(CC(=O)O)C(=O)c1cccc2c(C)c(C)[nH]c12. The Morgan fingerprint density at radius 3 is 2.60 bits per heavy atom. The Kier molecular flexibility index (Phi) is 3.79. The number of carboxylic acids is 1. The number of hydrogen-bond acceptors (Lipinski definition) is 2. The molecule has 2 aromatic rings. The third-order valence-corrected chi connectivity index (χ3v) is 3.57. The van der Waals surface area contributed by atoms with Gasteiger partial charge >= 0.3 is 5.97 Å². The lowest BCUT2D eigenvalue weighted by molar-refractivity contribution is -0.137. The molecule has 5 heteroatoms. The molecule has 0 spiro atoms. The van der Waals surface area contributed by atoms with Gasteiger partial charge in [-0.3, -0.25) is 9.59 Å². The number of carbonyl (C=O) groups excluding carboxylic acids is 1. The summed E-state index contributed by atoms with van der Waals surface area (Å²) in [6, 6.07) is 5.51. The van der Waals surface area contributed by atoms with E-state index in [0.717, 1.165) is 22.2 Å². The molecule has 0 fully saturated rings. The number of amides is 1. The molecule has 0 unspecified atom stereocenters. The highest BCUT2D eigenvalue weighted by Crippen LogP contribution is 2.25. The van der Waals surface area contributed by atoms with Gasteiger partial charge in [0, 0.05) is 17.6 Å². The molecule has 5 nitrogen and oxygen atoms in total. The van der Waals surface area contributed by atoms with Gasteiger partial charge in [0.15, 0.2) is 0 Å². The van der Waals surface area contributed by atoms with Gasteiger partial charge in [0.2, 0.25) is 0 Å². The Hall–Kier alpha value is -2.30. The molecule has 0 aliphatic carbocycles. The molecule has 20 heavy (non-hydrogen) atoms. The van der Waals surface area contributed by atoms with Crippen molar-refractivity contribution in [3.05, 3.63) is 35.0 Å². The van der Waals surface area contributed by atoms with Crippen molar-refractivity contribution in [2.75, 3.05) is 13.1 Å². The molecule has 1 heterocycles. The lowest BCUT2D eigenvalue weighted by Gasteiger charge is -2.18. The Labute approximate surface area is 117 Å². The minimum absolute atomic E-state index is 0.262. The highest BCUT2D eigenvalue weighted by atomic mass is 16.4. The molecule has 0 aliphatic rings. The van der Waals surface area contributed by atoms with E-state index in [1.807, 2.05) is 26.0 Å². The van der Waals surface area contributed by atoms with Gasteiger partial charge in [0.1, 0.15) is 6.54 Å². The first-order valence-corrected chi connectivity index (χ1v) is 6.54. The second-order valence-electron chi connectivity index (χ2n) is 4.82. The van der Waals surface area contributed by atoms with Gasteiger partial charge < -0.3 is 15.0 Å². The fraction of sp³-hybridized carbons (Fsp3) is 0.333.